The molecule has 0 aliphatic rings. The Bertz CT molecular complexity index is 910. The maximum Gasteiger partial charge on any atom is 0.261 e. The van der Waals surface area contributed by atoms with Crippen LogP contribution in [0.4, 0.5) is 0 Å². The second-order valence-electron chi connectivity index (χ2n) is 9.83. The van der Waals surface area contributed by atoms with E-state index >= 15 is 0 Å². The fourth-order valence-electron chi connectivity index (χ4n) is 4.56. The minimum Gasteiger partial charge on any atom is -0.497 e. The third kappa shape index (κ3) is 6.81. The van der Waals surface area contributed by atoms with E-state index in [2.05, 4.69) is 93.6 Å². The molecule has 0 bridgehead atoms. The van der Waals surface area contributed by atoms with Crippen LogP contribution in [0.1, 0.15) is 52.0 Å². The van der Waals surface area contributed by atoms with Gasteiger partial charge in [-0.15, -0.1) is 0 Å². The lowest BCUT2D eigenvalue weighted by molar-refractivity contribution is 0.116. The highest BCUT2D eigenvalue weighted by molar-refractivity contribution is 6.99. The normalized spacial score (nSPS) is 12.0. The predicted molar refractivity (Wildman–Crippen MR) is 145 cm³/mol. The van der Waals surface area contributed by atoms with Crippen molar-refractivity contribution in [3.8, 4) is 5.75 Å². The van der Waals surface area contributed by atoms with Crippen molar-refractivity contribution in [3.05, 3.63) is 90.5 Å². The SMILES string of the molecule is COc1ccc(COCCCCCCO[Si](c2ccccc2)(c2ccccc2)C(C)(C)C)cc1. The molecule has 3 nitrogen and oxygen atoms in total. The Hall–Kier alpha value is -2.40. The zero-order chi connectivity index (χ0) is 24.3. The van der Waals surface area contributed by atoms with E-state index in [9.17, 15) is 0 Å². The zero-order valence-corrected chi connectivity index (χ0v) is 22.3. The molecule has 0 saturated heterocycles. The van der Waals surface area contributed by atoms with Crippen LogP contribution in [0.25, 0.3) is 0 Å². The summed E-state index contributed by atoms with van der Waals surface area (Å²) >= 11 is 0. The molecule has 0 saturated carbocycles. The Morgan fingerprint density at radius 2 is 1.18 bits per heavy atom. The van der Waals surface area contributed by atoms with Gasteiger partial charge in [-0.2, -0.15) is 0 Å². The molecule has 182 valence electrons. The molecular formula is C30H40O3Si. The Labute approximate surface area is 207 Å². The molecule has 0 N–H and O–H groups in total. The summed E-state index contributed by atoms with van der Waals surface area (Å²) in [4.78, 5) is 0. The molecule has 3 rings (SSSR count). The minimum atomic E-state index is -2.41. The molecule has 0 fully saturated rings. The summed E-state index contributed by atoms with van der Waals surface area (Å²) in [6.07, 6.45) is 4.47. The zero-order valence-electron chi connectivity index (χ0n) is 21.3. The lowest BCUT2D eigenvalue weighted by Gasteiger charge is -2.43. The predicted octanol–water partition coefficient (Wildman–Crippen LogP) is 6.35. The third-order valence-corrected chi connectivity index (χ3v) is 11.4. The number of rotatable bonds is 13. The lowest BCUT2D eigenvalue weighted by atomic mass is 10.2. The van der Waals surface area contributed by atoms with Gasteiger partial charge in [-0.3, -0.25) is 0 Å². The van der Waals surface area contributed by atoms with Crippen molar-refractivity contribution in [3.63, 3.8) is 0 Å². The van der Waals surface area contributed by atoms with Crippen LogP contribution in [-0.2, 0) is 15.8 Å². The van der Waals surface area contributed by atoms with Gasteiger partial charge >= 0.3 is 0 Å². The summed E-state index contributed by atoms with van der Waals surface area (Å²) in [7, 11) is -0.723. The van der Waals surface area contributed by atoms with Crippen LogP contribution in [0.2, 0.25) is 5.04 Å². The van der Waals surface area contributed by atoms with Gasteiger partial charge in [-0.1, -0.05) is 106 Å². The van der Waals surface area contributed by atoms with Gasteiger partial charge < -0.3 is 13.9 Å². The maximum absolute atomic E-state index is 6.97. The van der Waals surface area contributed by atoms with Crippen LogP contribution in [-0.4, -0.2) is 28.6 Å². The Balaban J connectivity index is 1.48. The molecular weight excluding hydrogens is 436 g/mol. The Morgan fingerprint density at radius 3 is 1.68 bits per heavy atom. The molecule has 0 aliphatic heterocycles. The summed E-state index contributed by atoms with van der Waals surface area (Å²) in [5.41, 5.74) is 1.18. The summed E-state index contributed by atoms with van der Waals surface area (Å²) < 4.78 is 18.0. The molecule has 0 radical (unpaired) electrons. The first kappa shape index (κ1) is 26.2. The van der Waals surface area contributed by atoms with E-state index in [-0.39, 0.29) is 5.04 Å². The third-order valence-electron chi connectivity index (χ3n) is 6.35. The van der Waals surface area contributed by atoms with Gasteiger partial charge in [-0.05, 0) is 45.9 Å². The van der Waals surface area contributed by atoms with Crippen molar-refractivity contribution in [2.45, 2.75) is 58.1 Å². The first-order valence-electron chi connectivity index (χ1n) is 12.4. The van der Waals surface area contributed by atoms with E-state index in [1.807, 2.05) is 12.1 Å². The fourth-order valence-corrected chi connectivity index (χ4v) is 9.16. The number of ether oxygens (including phenoxy) is 2. The summed E-state index contributed by atoms with van der Waals surface area (Å²) in [5, 5.41) is 2.73. The van der Waals surface area contributed by atoms with Gasteiger partial charge in [-0.25, -0.2) is 0 Å². The van der Waals surface area contributed by atoms with Gasteiger partial charge in [0.25, 0.3) is 8.32 Å². The van der Waals surface area contributed by atoms with Crippen molar-refractivity contribution >= 4 is 18.7 Å². The highest BCUT2D eigenvalue weighted by Crippen LogP contribution is 2.36. The molecule has 34 heavy (non-hydrogen) atoms. The molecule has 0 aromatic heterocycles. The van der Waals surface area contributed by atoms with Gasteiger partial charge in [0.05, 0.1) is 13.7 Å². The van der Waals surface area contributed by atoms with E-state index in [1.165, 1.54) is 15.9 Å². The van der Waals surface area contributed by atoms with E-state index in [0.717, 1.165) is 44.6 Å². The average molecular weight is 477 g/mol. The van der Waals surface area contributed by atoms with Crippen molar-refractivity contribution in [1.82, 2.24) is 0 Å². The Kier molecular flexibility index (Phi) is 9.94. The smallest absolute Gasteiger partial charge is 0.261 e. The van der Waals surface area contributed by atoms with Crippen LogP contribution < -0.4 is 15.1 Å². The monoisotopic (exact) mass is 476 g/mol. The Morgan fingerprint density at radius 1 is 0.647 bits per heavy atom. The minimum absolute atomic E-state index is 0.0327. The topological polar surface area (TPSA) is 27.7 Å². The molecule has 0 unspecified atom stereocenters. The highest BCUT2D eigenvalue weighted by atomic mass is 28.4. The molecule has 0 spiro atoms. The molecule has 4 heteroatoms. The van der Waals surface area contributed by atoms with Gasteiger partial charge in [0, 0.05) is 13.2 Å². The lowest BCUT2D eigenvalue weighted by Crippen LogP contribution is -2.66. The van der Waals surface area contributed by atoms with Crippen molar-refractivity contribution < 1.29 is 13.9 Å². The van der Waals surface area contributed by atoms with Crippen LogP contribution >= 0.6 is 0 Å². The van der Waals surface area contributed by atoms with Gasteiger partial charge in [0.15, 0.2) is 0 Å². The highest BCUT2D eigenvalue weighted by Gasteiger charge is 2.49. The maximum atomic E-state index is 6.97. The molecule has 0 aliphatic carbocycles. The fraction of sp³-hybridized carbons (Fsp3) is 0.400. The van der Waals surface area contributed by atoms with E-state index in [1.54, 1.807) is 7.11 Å². The van der Waals surface area contributed by atoms with Crippen LogP contribution in [0.3, 0.4) is 0 Å². The molecule has 3 aromatic carbocycles. The quantitative estimate of drug-likeness (QED) is 0.212. The van der Waals surface area contributed by atoms with E-state index in [4.69, 9.17) is 13.9 Å². The first-order valence-corrected chi connectivity index (χ1v) is 14.3. The number of unbranched alkanes of at least 4 members (excludes halogenated alkanes) is 3. The molecule has 3 aromatic rings. The van der Waals surface area contributed by atoms with Crippen LogP contribution in [0.5, 0.6) is 5.75 Å². The number of hydrogen-bond acceptors (Lipinski definition) is 3. The number of hydrogen-bond donors (Lipinski definition) is 0. The standard InChI is InChI=1S/C30H40O3Si/c1-30(2,3)34(28-15-9-7-10-16-28,29-17-11-8-12-18-29)33-24-14-6-5-13-23-32-25-26-19-21-27(31-4)22-20-26/h7-12,15-22H,5-6,13-14,23-25H2,1-4H3. The molecule has 0 atom stereocenters. The first-order chi connectivity index (χ1) is 16.5. The van der Waals surface area contributed by atoms with Crippen LogP contribution in [0.15, 0.2) is 84.9 Å². The summed E-state index contributed by atoms with van der Waals surface area (Å²) in [5.74, 6) is 0.879. The number of methoxy groups -OCH3 is 1. The summed E-state index contributed by atoms with van der Waals surface area (Å²) in [6, 6.07) is 29.8. The molecule has 0 amide bonds. The van der Waals surface area contributed by atoms with Gasteiger partial charge in [0.2, 0.25) is 0 Å². The molecule has 0 heterocycles. The van der Waals surface area contributed by atoms with Crippen molar-refractivity contribution in [1.29, 1.82) is 0 Å². The van der Waals surface area contributed by atoms with E-state index in [0.29, 0.717) is 6.61 Å². The van der Waals surface area contributed by atoms with Crippen molar-refractivity contribution in [2.24, 2.45) is 0 Å². The van der Waals surface area contributed by atoms with Crippen molar-refractivity contribution in [2.75, 3.05) is 20.3 Å². The van der Waals surface area contributed by atoms with Crippen LogP contribution in [0, 0.1) is 0 Å². The largest absolute Gasteiger partial charge is 0.497 e. The number of benzene rings is 3. The van der Waals surface area contributed by atoms with Gasteiger partial charge in [0.1, 0.15) is 5.75 Å². The summed E-state index contributed by atoms with van der Waals surface area (Å²) in [6.45, 7) is 9.24. The second-order valence-corrected chi connectivity index (χ2v) is 14.1. The second kappa shape index (κ2) is 12.9. The van der Waals surface area contributed by atoms with E-state index < -0.39 is 8.32 Å². The average Bonchev–Trinajstić information content (AvgIpc) is 2.86.